The zero-order valence-corrected chi connectivity index (χ0v) is 6.85. The van der Waals surface area contributed by atoms with Crippen LogP contribution in [-0.4, -0.2) is 25.6 Å². The maximum atomic E-state index is 6.93. The van der Waals surface area contributed by atoms with Crippen molar-refractivity contribution in [2.75, 3.05) is 13.6 Å². The molecule has 1 saturated carbocycles. The molecule has 0 aromatic carbocycles. The molecule has 0 saturated heterocycles. The highest BCUT2D eigenvalue weighted by atomic mass is 15.0. The van der Waals surface area contributed by atoms with Gasteiger partial charge in [-0.1, -0.05) is 0 Å². The Kier molecular flexibility index (Phi) is 2.70. The van der Waals surface area contributed by atoms with Gasteiger partial charge in [0.2, 0.25) is 0 Å². The second-order valence-corrected chi connectivity index (χ2v) is 3.12. The lowest BCUT2D eigenvalue weighted by molar-refractivity contribution is 0.234. The number of guanidine groups is 1. The summed E-state index contributed by atoms with van der Waals surface area (Å²) in [6.07, 6.45) is 2.41. The summed E-state index contributed by atoms with van der Waals surface area (Å²) >= 11 is 0. The van der Waals surface area contributed by atoms with E-state index in [2.05, 4.69) is 10.6 Å². The molecule has 0 aliphatic heterocycles. The third kappa shape index (κ3) is 2.38. The molecule has 11 heavy (non-hydrogen) atoms. The summed E-state index contributed by atoms with van der Waals surface area (Å²) in [6.45, 7) is 0.855. The molecule has 1 aliphatic carbocycles. The maximum Gasteiger partial charge on any atom is 0.185 e. The quantitative estimate of drug-likeness (QED) is 0.328. The standard InChI is InChI=1S/C7H16N4/c1-10-6-2-5(3-6)4-11-7(8)9/h5-6,10H,2-4H2,1H3,(H4,8,9,11). The predicted molar refractivity (Wildman–Crippen MR) is 45.5 cm³/mol. The van der Waals surface area contributed by atoms with Crippen LogP contribution in [0.2, 0.25) is 0 Å². The number of rotatable bonds is 3. The van der Waals surface area contributed by atoms with Crippen LogP contribution in [0.3, 0.4) is 0 Å². The lowest BCUT2D eigenvalue weighted by Gasteiger charge is -2.35. The van der Waals surface area contributed by atoms with E-state index in [1.165, 1.54) is 12.8 Å². The minimum Gasteiger partial charge on any atom is -0.370 e. The highest BCUT2D eigenvalue weighted by Gasteiger charge is 2.27. The van der Waals surface area contributed by atoms with Crippen molar-refractivity contribution in [2.24, 2.45) is 11.7 Å². The molecule has 0 amide bonds. The first-order valence-corrected chi connectivity index (χ1v) is 3.97. The van der Waals surface area contributed by atoms with E-state index in [0.29, 0.717) is 12.0 Å². The smallest absolute Gasteiger partial charge is 0.185 e. The minimum atomic E-state index is 0.0814. The highest BCUT2D eigenvalue weighted by Crippen LogP contribution is 2.25. The van der Waals surface area contributed by atoms with Crippen LogP contribution in [0, 0.1) is 11.3 Å². The normalized spacial score (nSPS) is 29.2. The van der Waals surface area contributed by atoms with Gasteiger partial charge in [-0.05, 0) is 25.8 Å². The number of nitrogens with two attached hydrogens (primary N) is 1. The van der Waals surface area contributed by atoms with Gasteiger partial charge in [0.1, 0.15) is 0 Å². The van der Waals surface area contributed by atoms with Gasteiger partial charge in [0.15, 0.2) is 5.96 Å². The van der Waals surface area contributed by atoms with Gasteiger partial charge in [0.05, 0.1) is 0 Å². The fraction of sp³-hybridized carbons (Fsp3) is 0.857. The molecule has 5 N–H and O–H groups in total. The van der Waals surface area contributed by atoms with E-state index in [1.807, 2.05) is 7.05 Å². The molecule has 0 aromatic heterocycles. The number of hydrogen-bond acceptors (Lipinski definition) is 2. The third-order valence-electron chi connectivity index (χ3n) is 2.23. The average Bonchev–Trinajstić information content (AvgIpc) is 1.84. The number of nitrogens with one attached hydrogen (secondary N) is 3. The van der Waals surface area contributed by atoms with Gasteiger partial charge < -0.3 is 16.4 Å². The van der Waals surface area contributed by atoms with Gasteiger partial charge in [-0.25, -0.2) is 0 Å². The maximum absolute atomic E-state index is 6.93. The Morgan fingerprint density at radius 1 is 1.64 bits per heavy atom. The van der Waals surface area contributed by atoms with Crippen molar-refractivity contribution in [1.82, 2.24) is 10.6 Å². The van der Waals surface area contributed by atoms with Crippen molar-refractivity contribution in [1.29, 1.82) is 5.41 Å². The van der Waals surface area contributed by atoms with Gasteiger partial charge in [-0.15, -0.1) is 0 Å². The van der Waals surface area contributed by atoms with Crippen LogP contribution in [0.25, 0.3) is 0 Å². The van der Waals surface area contributed by atoms with Crippen LogP contribution in [0.5, 0.6) is 0 Å². The summed E-state index contributed by atoms with van der Waals surface area (Å²) in [5, 5.41) is 13.0. The monoisotopic (exact) mass is 156 g/mol. The fourth-order valence-corrected chi connectivity index (χ4v) is 1.39. The second kappa shape index (κ2) is 3.57. The zero-order valence-electron chi connectivity index (χ0n) is 6.85. The summed E-state index contributed by atoms with van der Waals surface area (Å²) < 4.78 is 0. The first kappa shape index (κ1) is 8.33. The van der Waals surface area contributed by atoms with Crippen molar-refractivity contribution in [3.63, 3.8) is 0 Å². The lowest BCUT2D eigenvalue weighted by atomic mass is 9.80. The molecule has 0 heterocycles. The Balaban J connectivity index is 2.00. The summed E-state index contributed by atoms with van der Waals surface area (Å²) in [6, 6.07) is 0.689. The summed E-state index contributed by atoms with van der Waals surface area (Å²) in [5.74, 6) is 0.786. The van der Waals surface area contributed by atoms with Crippen molar-refractivity contribution in [2.45, 2.75) is 18.9 Å². The molecule has 1 rings (SSSR count). The summed E-state index contributed by atoms with van der Waals surface area (Å²) in [7, 11) is 1.99. The Bertz CT molecular complexity index is 139. The van der Waals surface area contributed by atoms with Crippen molar-refractivity contribution in [3.8, 4) is 0 Å². The van der Waals surface area contributed by atoms with E-state index in [1.54, 1.807) is 0 Å². The van der Waals surface area contributed by atoms with Gasteiger partial charge in [0, 0.05) is 12.6 Å². The molecule has 0 unspecified atom stereocenters. The molecule has 4 heteroatoms. The summed E-state index contributed by atoms with van der Waals surface area (Å²) in [4.78, 5) is 0. The Hall–Kier alpha value is -0.770. The van der Waals surface area contributed by atoms with Crippen LogP contribution in [-0.2, 0) is 0 Å². The molecule has 0 aromatic rings. The average molecular weight is 156 g/mol. The third-order valence-corrected chi connectivity index (χ3v) is 2.23. The van der Waals surface area contributed by atoms with Crippen LogP contribution in [0.15, 0.2) is 0 Å². The van der Waals surface area contributed by atoms with E-state index < -0.39 is 0 Å². The molecule has 0 radical (unpaired) electrons. The predicted octanol–water partition coefficient (Wildman–Crippen LogP) is -0.533. The van der Waals surface area contributed by atoms with Crippen molar-refractivity contribution in [3.05, 3.63) is 0 Å². The molecular weight excluding hydrogens is 140 g/mol. The Labute approximate surface area is 67.0 Å². The van der Waals surface area contributed by atoms with Crippen LogP contribution < -0.4 is 16.4 Å². The van der Waals surface area contributed by atoms with Gasteiger partial charge >= 0.3 is 0 Å². The Morgan fingerprint density at radius 3 is 2.73 bits per heavy atom. The molecule has 1 fully saturated rings. The van der Waals surface area contributed by atoms with Crippen LogP contribution in [0.4, 0.5) is 0 Å². The summed E-state index contributed by atoms with van der Waals surface area (Å²) in [5.41, 5.74) is 5.14. The van der Waals surface area contributed by atoms with Crippen LogP contribution >= 0.6 is 0 Å². The lowest BCUT2D eigenvalue weighted by Crippen LogP contribution is -2.45. The van der Waals surface area contributed by atoms with Crippen molar-refractivity contribution >= 4 is 5.96 Å². The molecule has 4 nitrogen and oxygen atoms in total. The minimum absolute atomic E-state index is 0.0814. The first-order valence-electron chi connectivity index (χ1n) is 3.97. The molecule has 0 bridgehead atoms. The van der Waals surface area contributed by atoms with Crippen LogP contribution in [0.1, 0.15) is 12.8 Å². The largest absolute Gasteiger partial charge is 0.370 e. The van der Waals surface area contributed by atoms with E-state index >= 15 is 0 Å². The molecule has 0 atom stereocenters. The molecule has 64 valence electrons. The van der Waals surface area contributed by atoms with E-state index in [4.69, 9.17) is 11.1 Å². The van der Waals surface area contributed by atoms with E-state index in [-0.39, 0.29) is 5.96 Å². The molecule has 0 spiro atoms. The topological polar surface area (TPSA) is 73.9 Å². The Morgan fingerprint density at radius 2 is 2.27 bits per heavy atom. The number of hydrogen-bond donors (Lipinski definition) is 4. The van der Waals surface area contributed by atoms with Gasteiger partial charge in [0.25, 0.3) is 0 Å². The van der Waals surface area contributed by atoms with Gasteiger partial charge in [-0.2, -0.15) is 0 Å². The highest BCUT2D eigenvalue weighted by molar-refractivity contribution is 5.74. The second-order valence-electron chi connectivity index (χ2n) is 3.12. The SMILES string of the molecule is CNC1CC(CNC(=N)N)C1. The van der Waals surface area contributed by atoms with E-state index in [0.717, 1.165) is 6.54 Å². The fourth-order valence-electron chi connectivity index (χ4n) is 1.39. The van der Waals surface area contributed by atoms with Gasteiger partial charge in [-0.3, -0.25) is 5.41 Å². The van der Waals surface area contributed by atoms with E-state index in [9.17, 15) is 0 Å². The first-order chi connectivity index (χ1) is 5.22. The molecular formula is C7H16N4. The molecule has 1 aliphatic rings. The van der Waals surface area contributed by atoms with Crippen molar-refractivity contribution < 1.29 is 0 Å². The zero-order chi connectivity index (χ0) is 8.27.